The average molecular weight is 318 g/mol. The van der Waals surface area contributed by atoms with Crippen molar-refractivity contribution < 1.29 is 0 Å². The lowest BCUT2D eigenvalue weighted by Crippen LogP contribution is -2.23. The van der Waals surface area contributed by atoms with Crippen LogP contribution in [0.1, 0.15) is 5.56 Å². The molecule has 2 aromatic heterocycles. The molecule has 0 aliphatic rings. The fraction of sp³-hybridized carbons (Fsp3) is 0.167. The number of hydrogen-bond acceptors (Lipinski definition) is 5. The largest absolute Gasteiger partial charge is 0.399 e. The summed E-state index contributed by atoms with van der Waals surface area (Å²) in [7, 11) is 1.96. The molecule has 120 valence electrons. The first-order valence-corrected chi connectivity index (χ1v) is 7.88. The van der Waals surface area contributed by atoms with E-state index in [1.54, 1.807) is 0 Å². The van der Waals surface area contributed by atoms with Gasteiger partial charge in [0.15, 0.2) is 5.65 Å². The van der Waals surface area contributed by atoms with Crippen molar-refractivity contribution in [1.29, 1.82) is 0 Å². The van der Waals surface area contributed by atoms with Gasteiger partial charge in [-0.05, 0) is 24.1 Å². The Morgan fingerprint density at radius 1 is 1.04 bits per heavy atom. The maximum atomic E-state index is 6.00. The number of nitrogens with one attached hydrogen (secondary N) is 1. The topological polar surface area (TPSA) is 83.7 Å². The first-order valence-electron chi connectivity index (χ1n) is 7.88. The van der Waals surface area contributed by atoms with Crippen molar-refractivity contribution in [3.05, 3.63) is 54.1 Å². The molecule has 0 saturated heterocycles. The van der Waals surface area contributed by atoms with E-state index in [2.05, 4.69) is 20.2 Å². The fourth-order valence-electron chi connectivity index (χ4n) is 2.82. The highest BCUT2D eigenvalue weighted by atomic mass is 15.3. The third-order valence-corrected chi connectivity index (χ3v) is 4.22. The molecule has 4 aromatic rings. The monoisotopic (exact) mass is 318 g/mol. The number of fused-ring (bicyclic) bond motifs is 3. The van der Waals surface area contributed by atoms with Gasteiger partial charge in [-0.15, -0.1) is 10.2 Å². The van der Waals surface area contributed by atoms with Gasteiger partial charge in [0.05, 0.1) is 0 Å². The minimum absolute atomic E-state index is 0.601. The Morgan fingerprint density at radius 2 is 1.83 bits per heavy atom. The molecular formula is C18H18N6. The Kier molecular flexibility index (Phi) is 3.49. The van der Waals surface area contributed by atoms with Crippen molar-refractivity contribution in [2.24, 2.45) is 0 Å². The molecule has 0 fully saturated rings. The molecule has 6 heteroatoms. The van der Waals surface area contributed by atoms with Crippen LogP contribution in [0.25, 0.3) is 22.1 Å². The van der Waals surface area contributed by atoms with E-state index in [-0.39, 0.29) is 0 Å². The van der Waals surface area contributed by atoms with Crippen molar-refractivity contribution in [3.8, 4) is 0 Å². The number of nitrogen functional groups attached to an aromatic ring is 1. The van der Waals surface area contributed by atoms with Gasteiger partial charge in [0, 0.05) is 30.2 Å². The number of hydrogen-bond donors (Lipinski definition) is 2. The summed E-state index contributed by atoms with van der Waals surface area (Å²) >= 11 is 0. The average Bonchev–Trinajstić information content (AvgIpc) is 2.98. The summed E-state index contributed by atoms with van der Waals surface area (Å²) in [6, 6.07) is 15.9. The van der Waals surface area contributed by atoms with Crippen LogP contribution in [-0.4, -0.2) is 33.8 Å². The first-order chi connectivity index (χ1) is 11.7. The van der Waals surface area contributed by atoms with E-state index >= 15 is 0 Å². The van der Waals surface area contributed by atoms with E-state index in [4.69, 9.17) is 5.73 Å². The maximum absolute atomic E-state index is 6.00. The third kappa shape index (κ3) is 2.52. The lowest BCUT2D eigenvalue weighted by atomic mass is 10.1. The number of nitrogens with two attached hydrogens (primary N) is 1. The Balaban J connectivity index is 1.59. The minimum Gasteiger partial charge on any atom is -0.399 e. The van der Waals surface area contributed by atoms with Crippen molar-refractivity contribution in [1.82, 2.24) is 20.2 Å². The minimum atomic E-state index is 0.601. The molecule has 4 rings (SSSR count). The smallest absolute Gasteiger partial charge is 0.247 e. The number of aromatic amines is 1. The molecule has 0 aliphatic heterocycles. The molecule has 24 heavy (non-hydrogen) atoms. The van der Waals surface area contributed by atoms with Gasteiger partial charge < -0.3 is 15.6 Å². The summed E-state index contributed by atoms with van der Waals surface area (Å²) in [5, 5.41) is 9.67. The van der Waals surface area contributed by atoms with Crippen LogP contribution in [0.4, 0.5) is 11.6 Å². The number of rotatable bonds is 4. The van der Waals surface area contributed by atoms with Crippen LogP contribution in [0.2, 0.25) is 0 Å². The summed E-state index contributed by atoms with van der Waals surface area (Å²) in [5.41, 5.74) is 10.5. The normalized spacial score (nSPS) is 11.2. The molecule has 6 nitrogen and oxygen atoms in total. The van der Waals surface area contributed by atoms with Crippen molar-refractivity contribution in [3.63, 3.8) is 0 Å². The van der Waals surface area contributed by atoms with Crippen molar-refractivity contribution >= 4 is 33.7 Å². The molecule has 2 heterocycles. The van der Waals surface area contributed by atoms with Crippen LogP contribution < -0.4 is 10.6 Å². The molecule has 0 radical (unpaired) electrons. The summed E-state index contributed by atoms with van der Waals surface area (Å²) in [6.07, 6.45) is 0.831. The highest BCUT2D eigenvalue weighted by molar-refractivity contribution is 6.03. The summed E-state index contributed by atoms with van der Waals surface area (Å²) < 4.78 is 0. The van der Waals surface area contributed by atoms with Gasteiger partial charge in [0.25, 0.3) is 0 Å². The molecule has 2 aromatic carbocycles. The standard InChI is InChI=1S/C18H18N6/c1-24(11-10-12-6-2-4-8-14(12)19)18-21-17-16(22-23-18)13-7-3-5-9-15(13)20-17/h2-9H,10-11,19H2,1H3,(H,20,21,23). The highest BCUT2D eigenvalue weighted by Gasteiger charge is 2.11. The molecule has 0 aliphatic carbocycles. The number of H-pyrrole nitrogens is 1. The zero-order chi connectivity index (χ0) is 16.5. The molecule has 0 spiro atoms. The summed E-state index contributed by atoms with van der Waals surface area (Å²) in [4.78, 5) is 9.90. The Morgan fingerprint density at radius 3 is 2.71 bits per heavy atom. The van der Waals surface area contributed by atoms with Crippen LogP contribution in [0.5, 0.6) is 0 Å². The quantitative estimate of drug-likeness (QED) is 0.565. The third-order valence-electron chi connectivity index (χ3n) is 4.22. The van der Waals surface area contributed by atoms with Gasteiger partial charge in [-0.25, -0.2) is 0 Å². The van der Waals surface area contributed by atoms with Gasteiger partial charge in [-0.3, -0.25) is 0 Å². The zero-order valence-electron chi connectivity index (χ0n) is 13.4. The lowest BCUT2D eigenvalue weighted by molar-refractivity contribution is 0.823. The van der Waals surface area contributed by atoms with E-state index in [0.717, 1.165) is 46.3 Å². The highest BCUT2D eigenvalue weighted by Crippen LogP contribution is 2.22. The van der Waals surface area contributed by atoms with Crippen molar-refractivity contribution in [2.45, 2.75) is 6.42 Å². The molecule has 3 N–H and O–H groups in total. The van der Waals surface area contributed by atoms with Gasteiger partial charge in [0.2, 0.25) is 5.95 Å². The SMILES string of the molecule is CN(CCc1ccccc1N)c1nnc2c(n1)[nH]c1ccccc12. The number of likely N-dealkylation sites (N-methyl/N-ethyl adjacent to an activating group) is 1. The van der Waals surface area contributed by atoms with E-state index in [1.807, 2.05) is 60.5 Å². The van der Waals surface area contributed by atoms with Crippen LogP contribution in [-0.2, 0) is 6.42 Å². The van der Waals surface area contributed by atoms with E-state index in [9.17, 15) is 0 Å². The number of nitrogens with zero attached hydrogens (tertiary/aromatic N) is 4. The van der Waals surface area contributed by atoms with Crippen LogP contribution in [0.3, 0.4) is 0 Å². The molecular weight excluding hydrogens is 300 g/mol. The second-order valence-corrected chi connectivity index (χ2v) is 5.85. The van der Waals surface area contributed by atoms with Crippen molar-refractivity contribution in [2.75, 3.05) is 24.2 Å². The van der Waals surface area contributed by atoms with Crippen LogP contribution in [0.15, 0.2) is 48.5 Å². The van der Waals surface area contributed by atoms with Gasteiger partial charge >= 0.3 is 0 Å². The van der Waals surface area contributed by atoms with Crippen LogP contribution in [0, 0.1) is 0 Å². The number of benzene rings is 2. The van der Waals surface area contributed by atoms with Gasteiger partial charge in [-0.1, -0.05) is 36.4 Å². The zero-order valence-corrected chi connectivity index (χ0v) is 13.4. The van der Waals surface area contributed by atoms with E-state index in [1.165, 1.54) is 0 Å². The number of aromatic nitrogens is 4. The lowest BCUT2D eigenvalue weighted by Gasteiger charge is -2.16. The fourth-order valence-corrected chi connectivity index (χ4v) is 2.82. The van der Waals surface area contributed by atoms with Gasteiger partial charge in [0.1, 0.15) is 5.52 Å². The Labute approximate surface area is 139 Å². The Hall–Kier alpha value is -3.15. The van der Waals surface area contributed by atoms with Crippen LogP contribution >= 0.6 is 0 Å². The molecule has 0 saturated carbocycles. The summed E-state index contributed by atoms with van der Waals surface area (Å²) in [5.74, 6) is 0.601. The predicted octanol–water partition coefficient (Wildman–Crippen LogP) is 2.77. The molecule has 0 atom stereocenters. The first kappa shape index (κ1) is 14.4. The number of para-hydroxylation sites is 2. The predicted molar refractivity (Wildman–Crippen MR) is 97.0 cm³/mol. The molecule has 0 bridgehead atoms. The molecule has 0 unspecified atom stereocenters. The summed E-state index contributed by atoms with van der Waals surface area (Å²) in [6.45, 7) is 0.766. The van der Waals surface area contributed by atoms with E-state index < -0.39 is 0 Å². The van der Waals surface area contributed by atoms with Gasteiger partial charge in [-0.2, -0.15) is 4.98 Å². The molecule has 0 amide bonds. The van der Waals surface area contributed by atoms with E-state index in [0.29, 0.717) is 5.95 Å². The second kappa shape index (κ2) is 5.81. The Bertz CT molecular complexity index is 1010. The number of anilines is 2. The second-order valence-electron chi connectivity index (χ2n) is 5.85. The maximum Gasteiger partial charge on any atom is 0.247 e.